The second-order valence-electron chi connectivity index (χ2n) is 9.02. The third-order valence-electron chi connectivity index (χ3n) is 5.41. The fourth-order valence-electron chi connectivity index (χ4n) is 3.81. The van der Waals surface area contributed by atoms with Gasteiger partial charge in [0.1, 0.15) is 0 Å². The number of halogens is 1. The summed E-state index contributed by atoms with van der Waals surface area (Å²) < 4.78 is 20.7. The second kappa shape index (κ2) is 12.6. The van der Waals surface area contributed by atoms with Crippen molar-refractivity contribution in [2.75, 3.05) is 0 Å². The topological polar surface area (TPSA) is 0 Å². The zero-order chi connectivity index (χ0) is 20.3. The van der Waals surface area contributed by atoms with Crippen molar-refractivity contribution in [3.05, 3.63) is 41.3 Å². The van der Waals surface area contributed by atoms with Crippen molar-refractivity contribution >= 4 is 38.6 Å². The fourth-order valence-corrected chi connectivity index (χ4v) is 26.5. The van der Waals surface area contributed by atoms with E-state index in [1.54, 1.807) is 9.66 Å². The molecule has 0 aliphatic rings. The molecule has 0 aliphatic heterocycles. The molecule has 0 N–H and O–H groups in total. The molecule has 0 saturated heterocycles. The Hall–Kier alpha value is 0.122. The van der Waals surface area contributed by atoms with Gasteiger partial charge in [0.2, 0.25) is 0 Å². The van der Waals surface area contributed by atoms with Gasteiger partial charge in [0.15, 0.2) is 0 Å². The average molecular weight is 511 g/mol. The molecule has 4 heteroatoms. The maximum absolute atomic E-state index is 15.0. The molecule has 152 valence electrons. The minimum absolute atomic E-state index is 0.00898. The SMILES string of the molecule is CCC[CH2][Sn]([CH2]CCC)([CH2]CCC)/[C](=C\[Si][Si](C)(C)C)c1ccccc1F. The Morgan fingerprint density at radius 2 is 1.41 bits per heavy atom. The Morgan fingerprint density at radius 3 is 1.81 bits per heavy atom. The van der Waals surface area contributed by atoms with Crippen LogP contribution in [0.4, 0.5) is 4.39 Å². The van der Waals surface area contributed by atoms with E-state index in [0.29, 0.717) is 0 Å². The molecule has 1 aromatic rings. The Kier molecular flexibility index (Phi) is 11.8. The summed E-state index contributed by atoms with van der Waals surface area (Å²) in [7, 11) is -0.285. The van der Waals surface area contributed by atoms with Crippen LogP contribution < -0.4 is 0 Å². The summed E-state index contributed by atoms with van der Waals surface area (Å²) >= 11 is -2.65. The van der Waals surface area contributed by atoms with E-state index in [1.807, 2.05) is 12.1 Å². The number of benzene rings is 1. The van der Waals surface area contributed by atoms with Gasteiger partial charge in [-0.25, -0.2) is 0 Å². The van der Waals surface area contributed by atoms with Crippen molar-refractivity contribution in [1.29, 1.82) is 0 Å². The Balaban J connectivity index is 3.51. The molecule has 0 fully saturated rings. The normalized spacial score (nSPS) is 13.2. The van der Waals surface area contributed by atoms with Gasteiger partial charge in [-0.15, -0.1) is 0 Å². The Labute approximate surface area is 175 Å². The summed E-state index contributed by atoms with van der Waals surface area (Å²) in [5.41, 5.74) is 3.53. The van der Waals surface area contributed by atoms with Gasteiger partial charge in [-0.1, -0.05) is 0 Å². The van der Waals surface area contributed by atoms with Crippen molar-refractivity contribution in [3.63, 3.8) is 0 Å². The van der Waals surface area contributed by atoms with Crippen LogP contribution in [0.15, 0.2) is 30.0 Å². The molecule has 0 aliphatic carbocycles. The van der Waals surface area contributed by atoms with Gasteiger partial charge in [0.05, 0.1) is 0 Å². The first-order valence-electron chi connectivity index (χ1n) is 11.0. The van der Waals surface area contributed by atoms with Crippen LogP contribution in [0.1, 0.15) is 64.9 Å². The minimum atomic E-state index is -2.65. The Bertz CT molecular complexity index is 556. The zero-order valence-corrected chi connectivity index (χ0v) is 23.5. The first kappa shape index (κ1) is 25.2. The molecular weight excluding hydrogens is 470 g/mol. The zero-order valence-electron chi connectivity index (χ0n) is 18.6. The standard InChI is InChI=1S/C11H14FSi2.3C4H9.Sn/c1-14(2,3)13-9-8-10-6-4-5-7-11(10)12;3*1-3-4-2;/h4-7,9H,1-3H3;3*1,3-4H2,2H3;. The van der Waals surface area contributed by atoms with Gasteiger partial charge in [0, 0.05) is 0 Å². The molecule has 0 bridgehead atoms. The number of hydrogen-bond acceptors (Lipinski definition) is 0. The predicted octanol–water partition coefficient (Wildman–Crippen LogP) is 8.09. The van der Waals surface area contributed by atoms with E-state index >= 15 is 0 Å². The fraction of sp³-hybridized carbons (Fsp3) is 0.652. The molecule has 0 unspecified atom stereocenters. The van der Waals surface area contributed by atoms with E-state index in [4.69, 9.17) is 0 Å². The number of rotatable bonds is 13. The van der Waals surface area contributed by atoms with Crippen LogP contribution in [0.3, 0.4) is 0 Å². The van der Waals surface area contributed by atoms with Gasteiger partial charge in [-0.2, -0.15) is 0 Å². The molecule has 0 nitrogen and oxygen atoms in total. The summed E-state index contributed by atoms with van der Waals surface area (Å²) in [5.74, 6) is 0.00898. The summed E-state index contributed by atoms with van der Waals surface area (Å²) in [5, 5.41) is 0. The molecule has 1 rings (SSSR count). The molecule has 2 radical (unpaired) electrons. The van der Waals surface area contributed by atoms with E-state index in [0.717, 1.165) is 14.6 Å². The van der Waals surface area contributed by atoms with Crippen LogP contribution in [-0.2, 0) is 0 Å². The molecule has 0 spiro atoms. The van der Waals surface area contributed by atoms with Crippen LogP contribution in [0.25, 0.3) is 3.59 Å². The molecular formula is C23H41FSi2Sn. The predicted molar refractivity (Wildman–Crippen MR) is 128 cm³/mol. The van der Waals surface area contributed by atoms with Gasteiger partial charge in [-0.3, -0.25) is 0 Å². The quantitative estimate of drug-likeness (QED) is 0.235. The molecule has 27 heavy (non-hydrogen) atoms. The third kappa shape index (κ3) is 8.57. The first-order valence-corrected chi connectivity index (χ1v) is 24.1. The van der Waals surface area contributed by atoms with Crippen molar-refractivity contribution in [3.8, 4) is 0 Å². The summed E-state index contributed by atoms with van der Waals surface area (Å²) in [6.07, 6.45) is 7.76. The third-order valence-corrected chi connectivity index (χ3v) is 26.2. The molecule has 0 saturated carbocycles. The summed E-state index contributed by atoms with van der Waals surface area (Å²) in [6, 6.07) is 7.64. The molecule has 0 atom stereocenters. The summed E-state index contributed by atoms with van der Waals surface area (Å²) in [6.45, 7) is 14.3. The van der Waals surface area contributed by atoms with Gasteiger partial charge >= 0.3 is 177 Å². The van der Waals surface area contributed by atoms with Crippen LogP contribution in [0, 0.1) is 5.82 Å². The van der Waals surface area contributed by atoms with Crippen LogP contribution in [0.2, 0.25) is 33.0 Å². The molecule has 1 aromatic carbocycles. The molecule has 0 amide bonds. The van der Waals surface area contributed by atoms with E-state index in [-0.39, 0.29) is 5.82 Å². The van der Waals surface area contributed by atoms with Gasteiger partial charge < -0.3 is 0 Å². The Morgan fingerprint density at radius 1 is 0.926 bits per heavy atom. The van der Waals surface area contributed by atoms with Crippen molar-refractivity contribution in [2.45, 2.75) is 92.2 Å². The van der Waals surface area contributed by atoms with E-state index in [9.17, 15) is 4.39 Å². The average Bonchev–Trinajstić information content (AvgIpc) is 2.63. The van der Waals surface area contributed by atoms with Crippen LogP contribution >= 0.6 is 0 Å². The van der Waals surface area contributed by atoms with Crippen LogP contribution in [-0.4, -0.2) is 35.0 Å². The van der Waals surface area contributed by atoms with E-state index in [2.05, 4.69) is 52.2 Å². The summed E-state index contributed by atoms with van der Waals surface area (Å²) in [4.78, 5) is 0. The van der Waals surface area contributed by atoms with Crippen molar-refractivity contribution < 1.29 is 4.39 Å². The first-order chi connectivity index (χ1) is 12.8. The molecule has 0 aromatic heterocycles. The van der Waals surface area contributed by atoms with Crippen molar-refractivity contribution in [2.24, 2.45) is 0 Å². The van der Waals surface area contributed by atoms with Gasteiger partial charge in [0.25, 0.3) is 0 Å². The monoisotopic (exact) mass is 512 g/mol. The number of unbranched alkanes of at least 4 members (excludes halogenated alkanes) is 3. The van der Waals surface area contributed by atoms with Crippen molar-refractivity contribution in [1.82, 2.24) is 0 Å². The maximum atomic E-state index is 15.0. The van der Waals surface area contributed by atoms with Gasteiger partial charge in [-0.05, 0) is 0 Å². The van der Waals surface area contributed by atoms with Crippen LogP contribution in [0.5, 0.6) is 0 Å². The number of hydrogen-bond donors (Lipinski definition) is 0. The van der Waals surface area contributed by atoms with E-state index in [1.165, 1.54) is 51.8 Å². The molecule has 0 heterocycles. The van der Waals surface area contributed by atoms with E-state index < -0.39 is 26.0 Å². The second-order valence-corrected chi connectivity index (χ2v) is 32.6.